The van der Waals surface area contributed by atoms with Crippen LogP contribution < -0.4 is 5.32 Å². The fourth-order valence-corrected chi connectivity index (χ4v) is 6.67. The Morgan fingerprint density at radius 3 is 2.90 bits per heavy atom. The topological polar surface area (TPSA) is 37.3 Å². The predicted octanol–water partition coefficient (Wildman–Crippen LogP) is 6.64. The van der Waals surface area contributed by atoms with E-state index >= 15 is 0 Å². The summed E-state index contributed by atoms with van der Waals surface area (Å²) in [6.07, 6.45) is 9.95. The molecule has 30 heavy (non-hydrogen) atoms. The van der Waals surface area contributed by atoms with Gasteiger partial charge in [0.25, 0.3) is 0 Å². The number of benzene rings is 1. The van der Waals surface area contributed by atoms with Crippen LogP contribution in [0.4, 0.5) is 10.5 Å². The van der Waals surface area contributed by atoms with Crippen molar-refractivity contribution >= 4 is 34.8 Å². The Morgan fingerprint density at radius 1 is 1.20 bits per heavy atom. The minimum atomic E-state index is -0.0172. The van der Waals surface area contributed by atoms with Crippen LogP contribution in [-0.2, 0) is 19.4 Å². The van der Waals surface area contributed by atoms with Crippen molar-refractivity contribution in [3.8, 4) is 5.00 Å². The van der Waals surface area contributed by atoms with Crippen LogP contribution in [0.5, 0.6) is 0 Å². The fraction of sp³-hybridized carbons (Fsp3) is 0.375. The zero-order chi connectivity index (χ0) is 20.7. The molecule has 2 aromatic heterocycles. The molecule has 0 spiro atoms. The number of rotatable bonds is 3. The first-order valence-corrected chi connectivity index (χ1v) is 12.8. The molecular formula is C24H27N3OS2. The van der Waals surface area contributed by atoms with E-state index in [9.17, 15) is 4.79 Å². The first-order chi connectivity index (χ1) is 14.7. The summed E-state index contributed by atoms with van der Waals surface area (Å²) in [5.74, 6) is 0. The Labute approximate surface area is 186 Å². The Kier molecular flexibility index (Phi) is 5.37. The molecule has 5 rings (SSSR count). The molecule has 1 aliphatic carbocycles. The number of nitrogens with one attached hydrogen (secondary N) is 1. The number of urea groups is 1. The van der Waals surface area contributed by atoms with Crippen LogP contribution in [0.2, 0.25) is 0 Å². The average molecular weight is 438 g/mol. The molecular weight excluding hydrogens is 410 g/mol. The molecule has 2 amide bonds. The molecule has 3 heterocycles. The number of aryl methyl sites for hydroxylation is 1. The SMILES string of the molecule is CC[C@@H]1c2cccn2-c2sc3c(c2CN1C(=O)Nc1cccc(SC)c1)CCCC3. The minimum Gasteiger partial charge on any atom is -0.312 e. The van der Waals surface area contributed by atoms with Gasteiger partial charge in [-0.05, 0) is 74.3 Å². The van der Waals surface area contributed by atoms with Crippen molar-refractivity contribution in [2.45, 2.75) is 56.5 Å². The second-order valence-electron chi connectivity index (χ2n) is 8.01. The van der Waals surface area contributed by atoms with Crippen LogP contribution in [0.25, 0.3) is 5.00 Å². The summed E-state index contributed by atoms with van der Waals surface area (Å²) in [6, 6.07) is 12.4. The van der Waals surface area contributed by atoms with Crippen molar-refractivity contribution in [1.82, 2.24) is 9.47 Å². The van der Waals surface area contributed by atoms with Gasteiger partial charge >= 0.3 is 6.03 Å². The first kappa shape index (κ1) is 19.8. The smallest absolute Gasteiger partial charge is 0.312 e. The van der Waals surface area contributed by atoms with Gasteiger partial charge in [-0.15, -0.1) is 23.1 Å². The molecule has 1 N–H and O–H groups in total. The van der Waals surface area contributed by atoms with Crippen molar-refractivity contribution in [3.63, 3.8) is 0 Å². The molecule has 2 aliphatic rings. The van der Waals surface area contributed by atoms with E-state index in [1.807, 2.05) is 34.4 Å². The lowest BCUT2D eigenvalue weighted by molar-refractivity contribution is 0.181. The zero-order valence-corrected chi connectivity index (χ0v) is 19.1. The molecule has 156 valence electrons. The highest BCUT2D eigenvalue weighted by atomic mass is 32.2. The van der Waals surface area contributed by atoms with Crippen molar-refractivity contribution in [2.75, 3.05) is 11.6 Å². The fourth-order valence-electron chi connectivity index (χ4n) is 4.80. The number of hydrogen-bond donors (Lipinski definition) is 1. The number of amides is 2. The van der Waals surface area contributed by atoms with Gasteiger partial charge in [-0.2, -0.15) is 0 Å². The maximum Gasteiger partial charge on any atom is 0.322 e. The van der Waals surface area contributed by atoms with E-state index in [2.05, 4.69) is 47.5 Å². The van der Waals surface area contributed by atoms with Gasteiger partial charge in [0.05, 0.1) is 12.6 Å². The van der Waals surface area contributed by atoms with E-state index in [-0.39, 0.29) is 12.1 Å². The molecule has 0 unspecified atom stereocenters. The van der Waals surface area contributed by atoms with Crippen LogP contribution in [-0.4, -0.2) is 21.8 Å². The number of hydrogen-bond acceptors (Lipinski definition) is 3. The number of anilines is 1. The second-order valence-corrected chi connectivity index (χ2v) is 9.97. The number of fused-ring (bicyclic) bond motifs is 5. The standard InChI is InChI=1S/C24H27N3OS2/c1-3-20-21-11-7-13-26(21)23-19(18-10-4-5-12-22(18)30-23)15-27(20)24(28)25-16-8-6-9-17(14-16)29-2/h6-9,11,13-14,20H,3-5,10,12,15H2,1-2H3,(H,25,28)/t20-/m1/s1. The largest absolute Gasteiger partial charge is 0.322 e. The number of thiophene rings is 1. The van der Waals surface area contributed by atoms with Gasteiger partial charge in [0, 0.05) is 32.9 Å². The lowest BCUT2D eigenvalue weighted by Gasteiger charge is -2.30. The van der Waals surface area contributed by atoms with E-state index in [0.29, 0.717) is 6.54 Å². The van der Waals surface area contributed by atoms with Gasteiger partial charge in [-0.25, -0.2) is 4.79 Å². The van der Waals surface area contributed by atoms with Gasteiger partial charge in [0.2, 0.25) is 0 Å². The number of carbonyl (C=O) groups excluding carboxylic acids is 1. The summed E-state index contributed by atoms with van der Waals surface area (Å²) in [5.41, 5.74) is 4.92. The Balaban J connectivity index is 1.55. The van der Waals surface area contributed by atoms with E-state index in [1.165, 1.54) is 46.0 Å². The van der Waals surface area contributed by atoms with Crippen LogP contribution in [0, 0.1) is 0 Å². The second kappa shape index (κ2) is 8.16. The van der Waals surface area contributed by atoms with Crippen molar-refractivity contribution < 1.29 is 4.79 Å². The highest BCUT2D eigenvalue weighted by Gasteiger charge is 2.34. The molecule has 3 aromatic rings. The molecule has 1 aromatic carbocycles. The highest BCUT2D eigenvalue weighted by molar-refractivity contribution is 7.98. The van der Waals surface area contributed by atoms with E-state index in [4.69, 9.17) is 0 Å². The predicted molar refractivity (Wildman–Crippen MR) is 126 cm³/mol. The van der Waals surface area contributed by atoms with E-state index < -0.39 is 0 Å². The normalized spacial score (nSPS) is 17.7. The van der Waals surface area contributed by atoms with Crippen LogP contribution in [0.1, 0.15) is 53.9 Å². The van der Waals surface area contributed by atoms with Gasteiger partial charge in [0.15, 0.2) is 0 Å². The minimum absolute atomic E-state index is 0.0172. The highest BCUT2D eigenvalue weighted by Crippen LogP contribution is 2.43. The molecule has 0 saturated carbocycles. The Hall–Kier alpha value is -2.18. The Morgan fingerprint density at radius 2 is 2.07 bits per heavy atom. The third kappa shape index (κ3) is 3.36. The third-order valence-electron chi connectivity index (χ3n) is 6.27. The van der Waals surface area contributed by atoms with Crippen LogP contribution in [0.3, 0.4) is 0 Å². The summed E-state index contributed by atoms with van der Waals surface area (Å²) in [7, 11) is 0. The summed E-state index contributed by atoms with van der Waals surface area (Å²) in [5, 5.41) is 4.49. The molecule has 1 aliphatic heterocycles. The number of aromatic nitrogens is 1. The molecule has 4 nitrogen and oxygen atoms in total. The summed E-state index contributed by atoms with van der Waals surface area (Å²) in [6.45, 7) is 2.85. The summed E-state index contributed by atoms with van der Waals surface area (Å²) < 4.78 is 2.34. The quantitative estimate of drug-likeness (QED) is 0.466. The maximum absolute atomic E-state index is 13.5. The monoisotopic (exact) mass is 437 g/mol. The molecule has 0 saturated heterocycles. The number of nitrogens with zero attached hydrogens (tertiary/aromatic N) is 2. The number of thioether (sulfide) groups is 1. The molecule has 0 bridgehead atoms. The van der Waals surface area contributed by atoms with Gasteiger partial charge in [0.1, 0.15) is 5.00 Å². The lowest BCUT2D eigenvalue weighted by atomic mass is 9.95. The van der Waals surface area contributed by atoms with Crippen LogP contribution >= 0.6 is 23.1 Å². The molecule has 6 heteroatoms. The third-order valence-corrected chi connectivity index (χ3v) is 8.33. The van der Waals surface area contributed by atoms with E-state index in [1.54, 1.807) is 11.8 Å². The lowest BCUT2D eigenvalue weighted by Crippen LogP contribution is -2.37. The number of carbonyl (C=O) groups is 1. The average Bonchev–Trinajstić information content (AvgIpc) is 3.36. The van der Waals surface area contributed by atoms with Gasteiger partial charge in [-0.3, -0.25) is 0 Å². The summed E-state index contributed by atoms with van der Waals surface area (Å²) in [4.78, 5) is 18.2. The summed E-state index contributed by atoms with van der Waals surface area (Å²) >= 11 is 3.62. The van der Waals surface area contributed by atoms with Crippen molar-refractivity contribution in [2.24, 2.45) is 0 Å². The first-order valence-electron chi connectivity index (χ1n) is 10.7. The molecule has 0 radical (unpaired) electrons. The van der Waals surface area contributed by atoms with Gasteiger partial charge in [-0.1, -0.05) is 13.0 Å². The molecule has 0 fully saturated rings. The van der Waals surface area contributed by atoms with Crippen LogP contribution in [0.15, 0.2) is 47.5 Å². The Bertz CT molecular complexity index is 1080. The van der Waals surface area contributed by atoms with E-state index in [0.717, 1.165) is 23.4 Å². The maximum atomic E-state index is 13.5. The zero-order valence-electron chi connectivity index (χ0n) is 17.5. The van der Waals surface area contributed by atoms with Crippen molar-refractivity contribution in [3.05, 3.63) is 64.3 Å². The van der Waals surface area contributed by atoms with Crippen molar-refractivity contribution in [1.29, 1.82) is 0 Å². The molecule has 1 atom stereocenters. The van der Waals surface area contributed by atoms with Gasteiger partial charge < -0.3 is 14.8 Å².